The molecule has 82 valence electrons. The predicted octanol–water partition coefficient (Wildman–Crippen LogP) is 3.51. The van der Waals surface area contributed by atoms with Gasteiger partial charge in [-0.25, -0.2) is 0 Å². The van der Waals surface area contributed by atoms with Crippen LogP contribution >= 0.6 is 34.7 Å². The van der Waals surface area contributed by atoms with Gasteiger partial charge < -0.3 is 0 Å². The zero-order valence-electron chi connectivity index (χ0n) is 8.39. The van der Waals surface area contributed by atoms with Gasteiger partial charge in [0.05, 0.1) is 5.88 Å². The van der Waals surface area contributed by atoms with Crippen LogP contribution in [0.1, 0.15) is 21.5 Å². The van der Waals surface area contributed by atoms with Gasteiger partial charge in [0.25, 0.3) is 0 Å². The van der Waals surface area contributed by atoms with Gasteiger partial charge in [0, 0.05) is 16.6 Å². The maximum Gasteiger partial charge on any atom is 0.132 e. The molecule has 1 unspecified atom stereocenters. The molecule has 1 atom stereocenters. The molecule has 1 aromatic carbocycles. The third kappa shape index (κ3) is 1.75. The fourth-order valence-electron chi connectivity index (χ4n) is 1.83. The summed E-state index contributed by atoms with van der Waals surface area (Å²) >= 11 is 9.27. The molecular formula is C11H9ClN2S2. The minimum absolute atomic E-state index is 0.399. The van der Waals surface area contributed by atoms with Crippen molar-refractivity contribution >= 4 is 34.7 Å². The van der Waals surface area contributed by atoms with Gasteiger partial charge in [-0.2, -0.15) is 0 Å². The van der Waals surface area contributed by atoms with Gasteiger partial charge in [0.1, 0.15) is 10.0 Å². The van der Waals surface area contributed by atoms with E-state index in [-0.39, 0.29) is 0 Å². The lowest BCUT2D eigenvalue weighted by molar-refractivity contribution is 0.872. The van der Waals surface area contributed by atoms with E-state index in [4.69, 9.17) is 11.6 Å². The second-order valence-corrected chi connectivity index (χ2v) is 5.99. The predicted molar refractivity (Wildman–Crippen MR) is 68.5 cm³/mol. The maximum absolute atomic E-state index is 5.75. The van der Waals surface area contributed by atoms with Crippen molar-refractivity contribution in [2.75, 3.05) is 5.75 Å². The van der Waals surface area contributed by atoms with Crippen molar-refractivity contribution in [2.24, 2.45) is 0 Å². The van der Waals surface area contributed by atoms with Crippen molar-refractivity contribution in [3.8, 4) is 0 Å². The topological polar surface area (TPSA) is 25.8 Å². The smallest absolute Gasteiger partial charge is 0.132 e. The molecule has 5 heteroatoms. The number of benzene rings is 1. The Bertz CT molecular complexity index is 512. The Hall–Kier alpha value is -0.580. The lowest BCUT2D eigenvalue weighted by Crippen LogP contribution is -1.98. The molecule has 16 heavy (non-hydrogen) atoms. The highest BCUT2D eigenvalue weighted by atomic mass is 35.5. The Kier molecular flexibility index (Phi) is 2.88. The van der Waals surface area contributed by atoms with E-state index in [1.807, 2.05) is 11.8 Å². The lowest BCUT2D eigenvalue weighted by Gasteiger charge is -2.04. The normalized spacial score (nSPS) is 18.7. The standard InChI is InChI=1S/C11H9ClN2S2/c12-5-10-13-14-11(16-10)8-6-15-9-4-2-1-3-7(8)9/h1-4,8H,5-6H2. The van der Waals surface area contributed by atoms with E-state index in [2.05, 4.69) is 34.5 Å². The molecule has 2 heterocycles. The van der Waals surface area contributed by atoms with Crippen LogP contribution in [0.25, 0.3) is 0 Å². The maximum atomic E-state index is 5.75. The molecule has 2 aromatic rings. The molecule has 0 radical (unpaired) electrons. The van der Waals surface area contributed by atoms with Crippen LogP contribution in [0.4, 0.5) is 0 Å². The van der Waals surface area contributed by atoms with Crippen molar-refractivity contribution < 1.29 is 0 Å². The molecule has 0 N–H and O–H groups in total. The average molecular weight is 269 g/mol. The van der Waals surface area contributed by atoms with Crippen molar-refractivity contribution in [1.29, 1.82) is 0 Å². The molecule has 0 fully saturated rings. The van der Waals surface area contributed by atoms with Crippen LogP contribution in [0.5, 0.6) is 0 Å². The van der Waals surface area contributed by atoms with Gasteiger partial charge in [0.15, 0.2) is 0 Å². The highest BCUT2D eigenvalue weighted by molar-refractivity contribution is 7.99. The van der Waals surface area contributed by atoms with Gasteiger partial charge in [0.2, 0.25) is 0 Å². The van der Waals surface area contributed by atoms with Gasteiger partial charge >= 0.3 is 0 Å². The van der Waals surface area contributed by atoms with Crippen LogP contribution in [0.15, 0.2) is 29.2 Å². The number of halogens is 1. The van der Waals surface area contributed by atoms with E-state index in [0.717, 1.165) is 15.8 Å². The lowest BCUT2D eigenvalue weighted by atomic mass is 10.0. The number of alkyl halides is 1. The van der Waals surface area contributed by atoms with Crippen LogP contribution < -0.4 is 0 Å². The van der Waals surface area contributed by atoms with Gasteiger partial charge in [-0.05, 0) is 11.6 Å². The van der Waals surface area contributed by atoms with Gasteiger partial charge in [-0.15, -0.1) is 33.6 Å². The van der Waals surface area contributed by atoms with Gasteiger partial charge in [-0.3, -0.25) is 0 Å². The molecule has 1 aliphatic heterocycles. The average Bonchev–Trinajstić information content (AvgIpc) is 2.94. The Labute approximate surface area is 107 Å². The zero-order valence-corrected chi connectivity index (χ0v) is 10.8. The molecule has 1 aliphatic rings. The molecule has 2 nitrogen and oxygen atoms in total. The van der Waals surface area contributed by atoms with Crippen molar-refractivity contribution in [1.82, 2.24) is 10.2 Å². The molecule has 0 bridgehead atoms. The monoisotopic (exact) mass is 268 g/mol. The third-order valence-electron chi connectivity index (χ3n) is 2.59. The number of hydrogen-bond donors (Lipinski definition) is 0. The number of fused-ring (bicyclic) bond motifs is 1. The Morgan fingerprint density at radius 3 is 3.00 bits per heavy atom. The quantitative estimate of drug-likeness (QED) is 0.780. The van der Waals surface area contributed by atoms with Crippen molar-refractivity contribution in [2.45, 2.75) is 16.7 Å². The zero-order chi connectivity index (χ0) is 11.0. The van der Waals surface area contributed by atoms with Crippen LogP contribution in [-0.2, 0) is 5.88 Å². The Morgan fingerprint density at radius 2 is 2.19 bits per heavy atom. The molecule has 1 aromatic heterocycles. The van der Waals surface area contributed by atoms with Crippen molar-refractivity contribution in [3.05, 3.63) is 39.8 Å². The largest absolute Gasteiger partial charge is 0.143 e. The van der Waals surface area contributed by atoms with Crippen LogP contribution in [0.3, 0.4) is 0 Å². The van der Waals surface area contributed by atoms with E-state index in [9.17, 15) is 0 Å². The second kappa shape index (κ2) is 4.35. The number of aromatic nitrogens is 2. The molecule has 0 spiro atoms. The summed E-state index contributed by atoms with van der Waals surface area (Å²) in [6.07, 6.45) is 0. The number of rotatable bonds is 2. The van der Waals surface area contributed by atoms with E-state index in [1.54, 1.807) is 11.3 Å². The summed E-state index contributed by atoms with van der Waals surface area (Å²) in [6.45, 7) is 0. The number of hydrogen-bond acceptors (Lipinski definition) is 4. The fraction of sp³-hybridized carbons (Fsp3) is 0.273. The van der Waals surface area contributed by atoms with E-state index in [1.165, 1.54) is 10.5 Å². The molecule has 3 rings (SSSR count). The second-order valence-electron chi connectivity index (χ2n) is 3.57. The summed E-state index contributed by atoms with van der Waals surface area (Å²) in [5.74, 6) is 1.92. The molecular weight excluding hydrogens is 260 g/mol. The summed E-state index contributed by atoms with van der Waals surface area (Å²) in [4.78, 5) is 1.37. The third-order valence-corrected chi connectivity index (χ3v) is 5.23. The summed E-state index contributed by atoms with van der Waals surface area (Å²) in [6, 6.07) is 8.52. The summed E-state index contributed by atoms with van der Waals surface area (Å²) in [7, 11) is 0. The van der Waals surface area contributed by atoms with Gasteiger partial charge in [-0.1, -0.05) is 29.5 Å². The van der Waals surface area contributed by atoms with Crippen LogP contribution in [-0.4, -0.2) is 16.0 Å². The summed E-state index contributed by atoms with van der Waals surface area (Å²) in [5, 5.41) is 10.3. The minimum atomic E-state index is 0.399. The SMILES string of the molecule is ClCc1nnc(C2CSc3ccccc32)s1. The molecule has 0 aliphatic carbocycles. The molecule has 0 saturated carbocycles. The highest BCUT2D eigenvalue weighted by Gasteiger charge is 2.27. The first kappa shape index (κ1) is 10.6. The van der Waals surface area contributed by atoms with Crippen LogP contribution in [0, 0.1) is 0 Å². The highest BCUT2D eigenvalue weighted by Crippen LogP contribution is 2.43. The minimum Gasteiger partial charge on any atom is -0.143 e. The van der Waals surface area contributed by atoms with E-state index < -0.39 is 0 Å². The first-order valence-electron chi connectivity index (χ1n) is 4.98. The Morgan fingerprint density at radius 1 is 1.31 bits per heavy atom. The molecule has 0 saturated heterocycles. The number of nitrogens with zero attached hydrogens (tertiary/aromatic N) is 2. The Balaban J connectivity index is 1.98. The first-order valence-corrected chi connectivity index (χ1v) is 7.32. The van der Waals surface area contributed by atoms with E-state index in [0.29, 0.717) is 11.8 Å². The fourth-order valence-corrected chi connectivity index (χ4v) is 4.20. The first-order chi connectivity index (χ1) is 7.88. The van der Waals surface area contributed by atoms with E-state index >= 15 is 0 Å². The number of thioether (sulfide) groups is 1. The molecule has 0 amide bonds. The van der Waals surface area contributed by atoms with Crippen molar-refractivity contribution in [3.63, 3.8) is 0 Å². The van der Waals surface area contributed by atoms with Crippen LogP contribution in [0.2, 0.25) is 0 Å². The summed E-state index contributed by atoms with van der Waals surface area (Å²) in [5.41, 5.74) is 1.38. The summed E-state index contributed by atoms with van der Waals surface area (Å²) < 4.78 is 0.